The monoisotopic (exact) mass is 285 g/mol. The zero-order valence-electron chi connectivity index (χ0n) is 13.7. The van der Waals surface area contributed by atoms with Crippen LogP contribution in [0.3, 0.4) is 0 Å². The van der Waals surface area contributed by atoms with Crippen molar-refractivity contribution >= 4 is 0 Å². The summed E-state index contributed by atoms with van der Waals surface area (Å²) in [6.45, 7) is 8.70. The van der Waals surface area contributed by atoms with Gasteiger partial charge in [-0.3, -0.25) is 5.10 Å². The summed E-state index contributed by atoms with van der Waals surface area (Å²) in [7, 11) is 2.15. The van der Waals surface area contributed by atoms with Crippen molar-refractivity contribution in [2.24, 2.45) is 5.92 Å². The number of rotatable bonds is 7. The third-order valence-electron chi connectivity index (χ3n) is 3.65. The number of aromatic amines is 1. The third-order valence-corrected chi connectivity index (χ3v) is 3.65. The van der Waals surface area contributed by atoms with Gasteiger partial charge < -0.3 is 4.90 Å². The molecule has 0 bridgehead atoms. The van der Waals surface area contributed by atoms with Gasteiger partial charge in [-0.15, -0.1) is 0 Å². The van der Waals surface area contributed by atoms with E-state index >= 15 is 0 Å². The molecule has 3 heteroatoms. The number of nitrogens with zero attached hydrogens (tertiary/aromatic N) is 2. The van der Waals surface area contributed by atoms with E-state index in [0.717, 1.165) is 25.2 Å². The Morgan fingerprint density at radius 3 is 2.52 bits per heavy atom. The average molecular weight is 285 g/mol. The SMILES string of the molecule is CCCN(C)Cc1n[nH]cc1-c1ccc(CC(C)C)cc1. The van der Waals surface area contributed by atoms with E-state index in [1.165, 1.54) is 23.1 Å². The molecule has 114 valence electrons. The van der Waals surface area contributed by atoms with Crippen molar-refractivity contribution in [3.63, 3.8) is 0 Å². The second-order valence-electron chi connectivity index (χ2n) is 6.28. The van der Waals surface area contributed by atoms with Gasteiger partial charge in [-0.25, -0.2) is 0 Å². The summed E-state index contributed by atoms with van der Waals surface area (Å²) in [5, 5.41) is 7.43. The molecule has 0 spiro atoms. The van der Waals surface area contributed by atoms with Crippen molar-refractivity contribution in [2.45, 2.75) is 40.2 Å². The molecule has 1 aromatic carbocycles. The maximum atomic E-state index is 4.42. The molecule has 21 heavy (non-hydrogen) atoms. The molecule has 3 nitrogen and oxygen atoms in total. The molecule has 0 aliphatic heterocycles. The van der Waals surface area contributed by atoms with Gasteiger partial charge in [-0.2, -0.15) is 5.10 Å². The van der Waals surface area contributed by atoms with Crippen LogP contribution in [-0.2, 0) is 13.0 Å². The number of benzene rings is 1. The Hall–Kier alpha value is -1.61. The summed E-state index contributed by atoms with van der Waals surface area (Å²) in [6, 6.07) is 8.90. The fourth-order valence-electron chi connectivity index (χ4n) is 2.70. The van der Waals surface area contributed by atoms with E-state index in [1.807, 2.05) is 6.20 Å². The molecule has 0 fully saturated rings. The lowest BCUT2D eigenvalue weighted by molar-refractivity contribution is 0.324. The van der Waals surface area contributed by atoms with Gasteiger partial charge >= 0.3 is 0 Å². The van der Waals surface area contributed by atoms with Gasteiger partial charge in [0, 0.05) is 18.3 Å². The predicted octanol–water partition coefficient (Wildman–Crippen LogP) is 4.12. The van der Waals surface area contributed by atoms with Gasteiger partial charge in [0.05, 0.1) is 5.69 Å². The molecule has 0 amide bonds. The van der Waals surface area contributed by atoms with E-state index in [2.05, 4.69) is 67.2 Å². The van der Waals surface area contributed by atoms with Crippen LogP contribution in [0.5, 0.6) is 0 Å². The van der Waals surface area contributed by atoms with Crippen LogP contribution in [0.15, 0.2) is 30.5 Å². The highest BCUT2D eigenvalue weighted by Gasteiger charge is 2.10. The second-order valence-corrected chi connectivity index (χ2v) is 6.28. The summed E-state index contributed by atoms with van der Waals surface area (Å²) in [6.07, 6.45) is 4.31. The van der Waals surface area contributed by atoms with E-state index in [9.17, 15) is 0 Å². The van der Waals surface area contributed by atoms with Gasteiger partial charge in [-0.1, -0.05) is 45.0 Å². The summed E-state index contributed by atoms with van der Waals surface area (Å²) in [5.41, 5.74) is 5.00. The summed E-state index contributed by atoms with van der Waals surface area (Å²) in [5.74, 6) is 0.697. The van der Waals surface area contributed by atoms with Crippen LogP contribution in [0.25, 0.3) is 11.1 Å². The van der Waals surface area contributed by atoms with Gasteiger partial charge in [0.1, 0.15) is 0 Å². The van der Waals surface area contributed by atoms with E-state index in [0.29, 0.717) is 5.92 Å². The second kappa shape index (κ2) is 7.41. The molecule has 0 saturated carbocycles. The van der Waals surface area contributed by atoms with Crippen LogP contribution in [0.1, 0.15) is 38.4 Å². The van der Waals surface area contributed by atoms with Crippen molar-refractivity contribution in [3.05, 3.63) is 41.7 Å². The molecule has 2 rings (SSSR count). The fourth-order valence-corrected chi connectivity index (χ4v) is 2.70. The van der Waals surface area contributed by atoms with Crippen molar-refractivity contribution in [1.29, 1.82) is 0 Å². The van der Waals surface area contributed by atoms with Crippen LogP contribution in [0.4, 0.5) is 0 Å². The first-order valence-corrected chi connectivity index (χ1v) is 7.90. The fraction of sp³-hybridized carbons (Fsp3) is 0.500. The molecular weight excluding hydrogens is 258 g/mol. The Morgan fingerprint density at radius 1 is 1.19 bits per heavy atom. The number of hydrogen-bond acceptors (Lipinski definition) is 2. The normalized spacial score (nSPS) is 11.5. The van der Waals surface area contributed by atoms with Gasteiger partial charge in [0.15, 0.2) is 0 Å². The van der Waals surface area contributed by atoms with Crippen molar-refractivity contribution < 1.29 is 0 Å². The molecule has 1 N–H and O–H groups in total. The van der Waals surface area contributed by atoms with Gasteiger partial charge in [0.25, 0.3) is 0 Å². The molecule has 1 aromatic heterocycles. The van der Waals surface area contributed by atoms with Crippen LogP contribution >= 0.6 is 0 Å². The Morgan fingerprint density at radius 2 is 1.90 bits per heavy atom. The number of hydrogen-bond donors (Lipinski definition) is 1. The first kappa shape index (κ1) is 15.8. The van der Waals surface area contributed by atoms with Crippen LogP contribution < -0.4 is 0 Å². The zero-order chi connectivity index (χ0) is 15.2. The summed E-state index contributed by atoms with van der Waals surface area (Å²) < 4.78 is 0. The molecule has 0 saturated heterocycles. The largest absolute Gasteiger partial charge is 0.300 e. The Bertz CT molecular complexity index is 540. The predicted molar refractivity (Wildman–Crippen MR) is 89.2 cm³/mol. The highest BCUT2D eigenvalue weighted by molar-refractivity contribution is 5.65. The number of nitrogens with one attached hydrogen (secondary N) is 1. The molecule has 2 aromatic rings. The highest BCUT2D eigenvalue weighted by Crippen LogP contribution is 2.24. The molecule has 0 aliphatic carbocycles. The van der Waals surface area contributed by atoms with E-state index < -0.39 is 0 Å². The minimum absolute atomic E-state index is 0.697. The van der Waals surface area contributed by atoms with Crippen LogP contribution in [0.2, 0.25) is 0 Å². The maximum Gasteiger partial charge on any atom is 0.0840 e. The van der Waals surface area contributed by atoms with Crippen molar-refractivity contribution in [2.75, 3.05) is 13.6 Å². The van der Waals surface area contributed by atoms with E-state index in [4.69, 9.17) is 0 Å². The standard InChI is InChI=1S/C18H27N3/c1-5-10-21(4)13-18-17(12-19-20-18)16-8-6-15(7-9-16)11-14(2)3/h6-9,12,14H,5,10-11,13H2,1-4H3,(H,19,20). The minimum Gasteiger partial charge on any atom is -0.300 e. The van der Waals surface area contributed by atoms with E-state index in [-0.39, 0.29) is 0 Å². The van der Waals surface area contributed by atoms with Gasteiger partial charge in [0.2, 0.25) is 0 Å². The highest BCUT2D eigenvalue weighted by atomic mass is 15.2. The molecule has 0 atom stereocenters. The van der Waals surface area contributed by atoms with Crippen molar-refractivity contribution in [3.8, 4) is 11.1 Å². The summed E-state index contributed by atoms with van der Waals surface area (Å²) in [4.78, 5) is 2.31. The van der Waals surface area contributed by atoms with Crippen LogP contribution in [-0.4, -0.2) is 28.7 Å². The number of H-pyrrole nitrogens is 1. The molecule has 1 heterocycles. The lowest BCUT2D eigenvalue weighted by Gasteiger charge is -2.14. The first-order valence-electron chi connectivity index (χ1n) is 7.90. The summed E-state index contributed by atoms with van der Waals surface area (Å²) >= 11 is 0. The van der Waals surface area contributed by atoms with Gasteiger partial charge in [-0.05, 0) is 43.5 Å². The molecule has 0 unspecified atom stereocenters. The molecular formula is C18H27N3. The van der Waals surface area contributed by atoms with Crippen molar-refractivity contribution in [1.82, 2.24) is 15.1 Å². The number of aromatic nitrogens is 2. The van der Waals surface area contributed by atoms with Crippen LogP contribution in [0, 0.1) is 5.92 Å². The molecule has 0 radical (unpaired) electrons. The third kappa shape index (κ3) is 4.43. The molecule has 0 aliphatic rings. The first-order chi connectivity index (χ1) is 10.1. The Kier molecular flexibility index (Phi) is 5.57. The zero-order valence-corrected chi connectivity index (χ0v) is 13.7. The average Bonchev–Trinajstić information content (AvgIpc) is 2.87. The Labute approximate surface area is 128 Å². The lowest BCUT2D eigenvalue weighted by atomic mass is 9.99. The minimum atomic E-state index is 0.697. The smallest absolute Gasteiger partial charge is 0.0840 e. The maximum absolute atomic E-state index is 4.42. The topological polar surface area (TPSA) is 31.9 Å². The lowest BCUT2D eigenvalue weighted by Crippen LogP contribution is -2.19. The quantitative estimate of drug-likeness (QED) is 0.830. The Balaban J connectivity index is 2.13. The van der Waals surface area contributed by atoms with E-state index in [1.54, 1.807) is 0 Å².